The summed E-state index contributed by atoms with van der Waals surface area (Å²) in [5.74, 6) is 0. The monoisotopic (exact) mass is 314 g/mol. The largest absolute Gasteiger partial charge is 0.311 e. The lowest BCUT2D eigenvalue weighted by Crippen LogP contribution is -2.52. The fourth-order valence-electron chi connectivity index (χ4n) is 3.37. The van der Waals surface area contributed by atoms with Crippen molar-refractivity contribution >= 4 is 23.2 Å². The maximum absolute atomic E-state index is 6.19. The van der Waals surface area contributed by atoms with Gasteiger partial charge in [-0.3, -0.25) is 4.90 Å². The first-order chi connectivity index (χ1) is 9.52. The van der Waals surface area contributed by atoms with Crippen molar-refractivity contribution in [3.8, 4) is 0 Å². The SMILES string of the molecule is CCC(C)(C(NC)c1ccc(Cl)c(Cl)c1)N1CCCC1. The summed E-state index contributed by atoms with van der Waals surface area (Å²) in [5.41, 5.74) is 1.31. The van der Waals surface area contributed by atoms with E-state index in [2.05, 4.69) is 30.1 Å². The van der Waals surface area contributed by atoms with E-state index in [1.165, 1.54) is 31.5 Å². The topological polar surface area (TPSA) is 15.3 Å². The molecule has 1 saturated heterocycles. The molecule has 0 amide bonds. The van der Waals surface area contributed by atoms with Gasteiger partial charge in [-0.25, -0.2) is 0 Å². The maximum atomic E-state index is 6.19. The van der Waals surface area contributed by atoms with Crippen LogP contribution in [-0.4, -0.2) is 30.6 Å². The van der Waals surface area contributed by atoms with E-state index in [1.807, 2.05) is 19.2 Å². The van der Waals surface area contributed by atoms with Gasteiger partial charge in [-0.15, -0.1) is 0 Å². The molecular formula is C16H24Cl2N2. The molecule has 0 spiro atoms. The van der Waals surface area contributed by atoms with E-state index < -0.39 is 0 Å². The first-order valence-electron chi connectivity index (χ1n) is 7.40. The van der Waals surface area contributed by atoms with Gasteiger partial charge in [0.25, 0.3) is 0 Å². The highest BCUT2D eigenvalue weighted by Gasteiger charge is 2.39. The third kappa shape index (κ3) is 2.99. The summed E-state index contributed by atoms with van der Waals surface area (Å²) in [5, 5.41) is 4.73. The molecule has 1 aliphatic heterocycles. The van der Waals surface area contributed by atoms with Gasteiger partial charge in [0.1, 0.15) is 0 Å². The zero-order valence-electron chi connectivity index (χ0n) is 12.5. The number of hydrogen-bond acceptors (Lipinski definition) is 2. The Hall–Kier alpha value is -0.280. The average molecular weight is 315 g/mol. The summed E-state index contributed by atoms with van der Waals surface area (Å²) in [6, 6.07) is 6.22. The van der Waals surface area contributed by atoms with Crippen LogP contribution in [-0.2, 0) is 0 Å². The number of halogens is 2. The lowest BCUT2D eigenvalue weighted by Gasteiger charge is -2.44. The van der Waals surface area contributed by atoms with Gasteiger partial charge in [0.05, 0.1) is 16.1 Å². The molecule has 20 heavy (non-hydrogen) atoms. The molecule has 0 bridgehead atoms. The second-order valence-electron chi connectivity index (χ2n) is 5.80. The van der Waals surface area contributed by atoms with Crippen LogP contribution < -0.4 is 5.32 Å². The van der Waals surface area contributed by atoms with Crippen molar-refractivity contribution < 1.29 is 0 Å². The summed E-state index contributed by atoms with van der Waals surface area (Å²) >= 11 is 12.2. The first-order valence-corrected chi connectivity index (χ1v) is 8.15. The highest BCUT2D eigenvalue weighted by molar-refractivity contribution is 6.42. The van der Waals surface area contributed by atoms with E-state index in [4.69, 9.17) is 23.2 Å². The highest BCUT2D eigenvalue weighted by Crippen LogP contribution is 2.37. The highest BCUT2D eigenvalue weighted by atomic mass is 35.5. The molecule has 0 aromatic heterocycles. The van der Waals surface area contributed by atoms with Crippen molar-refractivity contribution in [3.63, 3.8) is 0 Å². The number of hydrogen-bond donors (Lipinski definition) is 1. The summed E-state index contributed by atoms with van der Waals surface area (Å²) in [7, 11) is 2.02. The van der Waals surface area contributed by atoms with Crippen LogP contribution in [0.1, 0.15) is 44.7 Å². The van der Waals surface area contributed by atoms with E-state index in [0.29, 0.717) is 10.0 Å². The predicted molar refractivity (Wildman–Crippen MR) is 87.8 cm³/mol. The Morgan fingerprint density at radius 3 is 2.40 bits per heavy atom. The fraction of sp³-hybridized carbons (Fsp3) is 0.625. The van der Waals surface area contributed by atoms with Crippen LogP contribution >= 0.6 is 23.2 Å². The number of benzene rings is 1. The minimum Gasteiger partial charge on any atom is -0.311 e. The Bertz CT molecular complexity index is 458. The Morgan fingerprint density at radius 1 is 1.25 bits per heavy atom. The van der Waals surface area contributed by atoms with E-state index in [-0.39, 0.29) is 11.6 Å². The van der Waals surface area contributed by atoms with E-state index in [1.54, 1.807) is 0 Å². The lowest BCUT2D eigenvalue weighted by molar-refractivity contribution is 0.0873. The van der Waals surface area contributed by atoms with Gasteiger partial charge in [0, 0.05) is 5.54 Å². The van der Waals surface area contributed by atoms with Crippen molar-refractivity contribution in [3.05, 3.63) is 33.8 Å². The minimum absolute atomic E-state index is 0.0996. The fourth-order valence-corrected chi connectivity index (χ4v) is 3.67. The van der Waals surface area contributed by atoms with Crippen LogP contribution in [0, 0.1) is 0 Å². The van der Waals surface area contributed by atoms with E-state index in [0.717, 1.165) is 6.42 Å². The molecule has 1 heterocycles. The van der Waals surface area contributed by atoms with Crippen molar-refractivity contribution in [2.24, 2.45) is 0 Å². The molecule has 1 aromatic rings. The molecule has 1 aliphatic rings. The van der Waals surface area contributed by atoms with Crippen molar-refractivity contribution in [2.45, 2.75) is 44.7 Å². The zero-order valence-corrected chi connectivity index (χ0v) is 14.1. The number of rotatable bonds is 5. The van der Waals surface area contributed by atoms with Crippen LogP contribution in [0.25, 0.3) is 0 Å². The van der Waals surface area contributed by atoms with Gasteiger partial charge in [0.2, 0.25) is 0 Å². The van der Waals surface area contributed by atoms with Gasteiger partial charge in [-0.2, -0.15) is 0 Å². The zero-order chi connectivity index (χ0) is 14.8. The van der Waals surface area contributed by atoms with Crippen LogP contribution in [0.15, 0.2) is 18.2 Å². The Kier molecular flexibility index (Phi) is 5.36. The van der Waals surface area contributed by atoms with E-state index in [9.17, 15) is 0 Å². The molecule has 0 saturated carbocycles. The molecule has 1 N–H and O–H groups in total. The molecule has 1 aromatic carbocycles. The van der Waals surface area contributed by atoms with Gasteiger partial charge in [-0.05, 0) is 64.0 Å². The van der Waals surface area contributed by atoms with Gasteiger partial charge in [0.15, 0.2) is 0 Å². The molecule has 1 fully saturated rings. The van der Waals surface area contributed by atoms with Gasteiger partial charge >= 0.3 is 0 Å². The van der Waals surface area contributed by atoms with Gasteiger partial charge in [-0.1, -0.05) is 36.2 Å². The molecule has 112 valence electrons. The van der Waals surface area contributed by atoms with Crippen molar-refractivity contribution in [1.82, 2.24) is 10.2 Å². The summed E-state index contributed by atoms with van der Waals surface area (Å²) in [6.07, 6.45) is 3.69. The van der Waals surface area contributed by atoms with Crippen LogP contribution in [0.4, 0.5) is 0 Å². The molecule has 0 aliphatic carbocycles. The minimum atomic E-state index is 0.0996. The van der Waals surface area contributed by atoms with Gasteiger partial charge < -0.3 is 5.32 Å². The Labute approximate surface area is 132 Å². The van der Waals surface area contributed by atoms with Crippen LogP contribution in [0.3, 0.4) is 0 Å². The summed E-state index contributed by atoms with van der Waals surface area (Å²) in [4.78, 5) is 2.61. The average Bonchev–Trinajstić information content (AvgIpc) is 2.98. The number of likely N-dealkylation sites (tertiary alicyclic amines) is 1. The molecule has 0 radical (unpaired) electrons. The summed E-state index contributed by atoms with van der Waals surface area (Å²) in [6.45, 7) is 6.98. The van der Waals surface area contributed by atoms with Crippen LogP contribution in [0.5, 0.6) is 0 Å². The normalized spacial score (nSPS) is 20.9. The smallest absolute Gasteiger partial charge is 0.0595 e. The first kappa shape index (κ1) is 16.1. The second kappa shape index (κ2) is 6.65. The molecule has 2 nitrogen and oxygen atoms in total. The quantitative estimate of drug-likeness (QED) is 0.859. The lowest BCUT2D eigenvalue weighted by atomic mass is 9.83. The molecule has 2 atom stereocenters. The Balaban J connectivity index is 2.35. The third-order valence-electron chi connectivity index (χ3n) is 4.73. The second-order valence-corrected chi connectivity index (χ2v) is 6.61. The standard InChI is InChI=1S/C16H24Cl2N2/c1-4-16(2,20-9-5-6-10-20)15(19-3)12-7-8-13(17)14(18)11-12/h7-8,11,15,19H,4-6,9-10H2,1-3H3. The third-order valence-corrected chi connectivity index (χ3v) is 5.47. The summed E-state index contributed by atoms with van der Waals surface area (Å²) < 4.78 is 0. The number of nitrogens with one attached hydrogen (secondary N) is 1. The van der Waals surface area contributed by atoms with Crippen molar-refractivity contribution in [1.29, 1.82) is 0 Å². The molecule has 4 heteroatoms. The Morgan fingerprint density at radius 2 is 1.90 bits per heavy atom. The molecule has 2 rings (SSSR count). The van der Waals surface area contributed by atoms with E-state index >= 15 is 0 Å². The number of nitrogens with zero attached hydrogens (tertiary/aromatic N) is 1. The van der Waals surface area contributed by atoms with Crippen LogP contribution in [0.2, 0.25) is 10.0 Å². The predicted octanol–water partition coefficient (Wildman–Crippen LogP) is 4.52. The number of likely N-dealkylation sites (N-methyl/N-ethyl adjacent to an activating group) is 1. The maximum Gasteiger partial charge on any atom is 0.0595 e. The molecule has 2 unspecified atom stereocenters. The molecular weight excluding hydrogens is 291 g/mol. The van der Waals surface area contributed by atoms with Crippen molar-refractivity contribution in [2.75, 3.05) is 20.1 Å².